The Hall–Kier alpha value is -4.17. The molecule has 1 aromatic heterocycles. The standard InChI is InChI=1S/C25H19N3O2/c1-29-22-15-9-8-14-20(22)16-21(17-26)25-27-24(28-30-25)23(18-10-4-2-5-11-18)19-12-6-3-7-13-19/h2-16,23H,1H3/b21-16+. The molecule has 0 radical (unpaired) electrons. The van der Waals surface area contributed by atoms with Gasteiger partial charge in [-0.1, -0.05) is 84.0 Å². The summed E-state index contributed by atoms with van der Waals surface area (Å²) in [5.41, 5.74) is 3.13. The normalized spacial score (nSPS) is 11.3. The van der Waals surface area contributed by atoms with Crippen LogP contribution in [0.1, 0.15) is 34.3 Å². The minimum absolute atomic E-state index is 0.176. The molecule has 0 fully saturated rings. The SMILES string of the molecule is COc1ccccc1/C=C(\C#N)c1nc(C(c2ccccc2)c2ccccc2)no1. The summed E-state index contributed by atoms with van der Waals surface area (Å²) in [6, 6.07) is 29.6. The van der Waals surface area contributed by atoms with Crippen molar-refractivity contribution in [1.29, 1.82) is 5.26 Å². The molecule has 0 atom stereocenters. The van der Waals surface area contributed by atoms with E-state index in [0.29, 0.717) is 11.6 Å². The van der Waals surface area contributed by atoms with Crippen LogP contribution in [-0.2, 0) is 0 Å². The highest BCUT2D eigenvalue weighted by Crippen LogP contribution is 2.31. The lowest BCUT2D eigenvalue weighted by molar-refractivity contribution is 0.400. The fraction of sp³-hybridized carbons (Fsp3) is 0.0800. The Morgan fingerprint density at radius 2 is 1.53 bits per heavy atom. The summed E-state index contributed by atoms with van der Waals surface area (Å²) in [6.45, 7) is 0. The van der Waals surface area contributed by atoms with E-state index in [1.165, 1.54) is 0 Å². The van der Waals surface area contributed by atoms with Gasteiger partial charge < -0.3 is 9.26 Å². The zero-order valence-electron chi connectivity index (χ0n) is 16.4. The minimum Gasteiger partial charge on any atom is -0.496 e. The maximum absolute atomic E-state index is 9.70. The lowest BCUT2D eigenvalue weighted by Gasteiger charge is -2.14. The van der Waals surface area contributed by atoms with E-state index in [-0.39, 0.29) is 17.4 Å². The third-order valence-electron chi connectivity index (χ3n) is 4.76. The molecule has 4 rings (SSSR count). The molecule has 0 unspecified atom stereocenters. The van der Waals surface area contributed by atoms with Crippen LogP contribution in [-0.4, -0.2) is 17.3 Å². The first-order valence-corrected chi connectivity index (χ1v) is 9.49. The van der Waals surface area contributed by atoms with Gasteiger partial charge >= 0.3 is 0 Å². The number of methoxy groups -OCH3 is 1. The molecule has 1 heterocycles. The van der Waals surface area contributed by atoms with Crippen LogP contribution in [0.3, 0.4) is 0 Å². The summed E-state index contributed by atoms with van der Waals surface area (Å²) < 4.78 is 10.9. The van der Waals surface area contributed by atoms with Crippen molar-refractivity contribution in [1.82, 2.24) is 10.1 Å². The molecule has 0 saturated carbocycles. The molecule has 0 N–H and O–H groups in total. The van der Waals surface area contributed by atoms with Crippen LogP contribution in [0, 0.1) is 11.3 Å². The van der Waals surface area contributed by atoms with Crippen molar-refractivity contribution in [2.24, 2.45) is 0 Å². The molecule has 0 aliphatic rings. The number of para-hydroxylation sites is 1. The van der Waals surface area contributed by atoms with Crippen molar-refractivity contribution in [3.05, 3.63) is 113 Å². The van der Waals surface area contributed by atoms with E-state index in [9.17, 15) is 5.26 Å². The van der Waals surface area contributed by atoms with Gasteiger partial charge in [0.2, 0.25) is 0 Å². The predicted molar refractivity (Wildman–Crippen MR) is 115 cm³/mol. The van der Waals surface area contributed by atoms with Crippen LogP contribution in [0.5, 0.6) is 5.75 Å². The van der Waals surface area contributed by atoms with Gasteiger partial charge in [0, 0.05) is 5.56 Å². The van der Waals surface area contributed by atoms with Crippen LogP contribution >= 0.6 is 0 Å². The van der Waals surface area contributed by atoms with Gasteiger partial charge in [0.15, 0.2) is 5.82 Å². The van der Waals surface area contributed by atoms with Gasteiger partial charge in [-0.05, 0) is 23.3 Å². The van der Waals surface area contributed by atoms with E-state index in [0.717, 1.165) is 16.7 Å². The van der Waals surface area contributed by atoms with Gasteiger partial charge in [-0.25, -0.2) is 0 Å². The van der Waals surface area contributed by atoms with Crippen molar-refractivity contribution in [2.75, 3.05) is 7.11 Å². The fourth-order valence-electron chi connectivity index (χ4n) is 3.33. The first kappa shape index (κ1) is 19.2. The maximum atomic E-state index is 9.70. The minimum atomic E-state index is -0.198. The molecule has 0 aliphatic heterocycles. The fourth-order valence-corrected chi connectivity index (χ4v) is 3.33. The van der Waals surface area contributed by atoms with E-state index >= 15 is 0 Å². The first-order valence-electron chi connectivity index (χ1n) is 9.49. The van der Waals surface area contributed by atoms with E-state index in [2.05, 4.69) is 16.2 Å². The number of aromatic nitrogens is 2. The molecule has 3 aromatic carbocycles. The Labute approximate surface area is 174 Å². The molecule has 4 aromatic rings. The number of nitrogens with zero attached hydrogens (tertiary/aromatic N) is 3. The van der Waals surface area contributed by atoms with Gasteiger partial charge in [0.05, 0.1) is 13.0 Å². The molecular formula is C25H19N3O2. The van der Waals surface area contributed by atoms with Gasteiger partial charge in [0.25, 0.3) is 5.89 Å². The molecule has 5 heteroatoms. The molecule has 0 bridgehead atoms. The average molecular weight is 393 g/mol. The first-order chi connectivity index (χ1) is 14.8. The summed E-state index contributed by atoms with van der Waals surface area (Å²) in [4.78, 5) is 4.58. The van der Waals surface area contributed by atoms with Crippen molar-refractivity contribution < 1.29 is 9.26 Å². The van der Waals surface area contributed by atoms with Crippen LogP contribution in [0.2, 0.25) is 0 Å². The maximum Gasteiger partial charge on any atom is 0.268 e. The van der Waals surface area contributed by atoms with E-state index < -0.39 is 0 Å². The summed E-state index contributed by atoms with van der Waals surface area (Å²) in [5, 5.41) is 13.9. The number of hydrogen-bond donors (Lipinski definition) is 0. The number of benzene rings is 3. The molecule has 0 aliphatic carbocycles. The van der Waals surface area contributed by atoms with Crippen LogP contribution in [0.25, 0.3) is 11.6 Å². The largest absolute Gasteiger partial charge is 0.496 e. The van der Waals surface area contributed by atoms with Gasteiger partial charge in [0.1, 0.15) is 17.4 Å². The predicted octanol–water partition coefficient (Wildman–Crippen LogP) is 5.32. The second-order valence-electron chi connectivity index (χ2n) is 6.62. The number of allylic oxidation sites excluding steroid dienone is 1. The number of ether oxygens (including phenoxy) is 1. The van der Waals surface area contributed by atoms with Gasteiger partial charge in [-0.15, -0.1) is 0 Å². The quantitative estimate of drug-likeness (QED) is 0.414. The lowest BCUT2D eigenvalue weighted by Crippen LogP contribution is -2.05. The number of hydrogen-bond acceptors (Lipinski definition) is 5. The third-order valence-corrected chi connectivity index (χ3v) is 4.76. The van der Waals surface area contributed by atoms with Gasteiger partial charge in [-0.3, -0.25) is 0 Å². The molecule has 0 saturated heterocycles. The highest BCUT2D eigenvalue weighted by atomic mass is 16.5. The third kappa shape index (κ3) is 3.98. The second-order valence-corrected chi connectivity index (χ2v) is 6.62. The topological polar surface area (TPSA) is 71.9 Å². The lowest BCUT2D eigenvalue weighted by atomic mass is 9.91. The van der Waals surface area contributed by atoms with Crippen molar-refractivity contribution in [3.8, 4) is 11.8 Å². The Kier molecular flexibility index (Phi) is 5.68. The van der Waals surface area contributed by atoms with E-state index in [1.807, 2.05) is 84.9 Å². The van der Waals surface area contributed by atoms with Crippen LogP contribution in [0.15, 0.2) is 89.5 Å². The van der Waals surface area contributed by atoms with Gasteiger partial charge in [-0.2, -0.15) is 10.2 Å². The molecule has 30 heavy (non-hydrogen) atoms. The highest BCUT2D eigenvalue weighted by Gasteiger charge is 2.23. The van der Waals surface area contributed by atoms with Crippen molar-refractivity contribution in [2.45, 2.75) is 5.92 Å². The summed E-state index contributed by atoms with van der Waals surface area (Å²) in [5.74, 6) is 1.14. The Balaban J connectivity index is 1.76. The van der Waals surface area contributed by atoms with Crippen LogP contribution < -0.4 is 4.74 Å². The average Bonchev–Trinajstić information content (AvgIpc) is 3.28. The Bertz CT molecular complexity index is 1150. The molecule has 146 valence electrons. The molecular weight excluding hydrogens is 374 g/mol. The van der Waals surface area contributed by atoms with E-state index in [4.69, 9.17) is 9.26 Å². The summed E-state index contributed by atoms with van der Waals surface area (Å²) in [7, 11) is 1.59. The smallest absolute Gasteiger partial charge is 0.268 e. The molecule has 5 nitrogen and oxygen atoms in total. The zero-order chi connectivity index (χ0) is 20.8. The van der Waals surface area contributed by atoms with E-state index in [1.54, 1.807) is 13.2 Å². The van der Waals surface area contributed by atoms with Crippen molar-refractivity contribution in [3.63, 3.8) is 0 Å². The molecule has 0 amide bonds. The monoisotopic (exact) mass is 393 g/mol. The Morgan fingerprint density at radius 3 is 2.13 bits per heavy atom. The Morgan fingerprint density at radius 1 is 0.933 bits per heavy atom. The molecule has 0 spiro atoms. The zero-order valence-corrected chi connectivity index (χ0v) is 16.4. The number of rotatable bonds is 6. The second kappa shape index (κ2) is 8.89. The summed E-state index contributed by atoms with van der Waals surface area (Å²) in [6.07, 6.45) is 1.69. The number of nitriles is 1. The highest BCUT2D eigenvalue weighted by molar-refractivity contribution is 5.87. The van der Waals surface area contributed by atoms with Crippen LogP contribution in [0.4, 0.5) is 0 Å². The van der Waals surface area contributed by atoms with Crippen molar-refractivity contribution >= 4 is 11.6 Å². The summed E-state index contributed by atoms with van der Waals surface area (Å²) >= 11 is 0.